The van der Waals surface area contributed by atoms with Crippen LogP contribution in [0.1, 0.15) is 42.5 Å². The maximum absolute atomic E-state index is 11.5. The summed E-state index contributed by atoms with van der Waals surface area (Å²) in [6.07, 6.45) is 4.98. The molecule has 19 heavy (non-hydrogen) atoms. The fraction of sp³-hybridized carbons (Fsp3) is 0.533. The van der Waals surface area contributed by atoms with E-state index in [0.29, 0.717) is 6.54 Å². The van der Waals surface area contributed by atoms with Crippen LogP contribution in [-0.2, 0) is 17.6 Å². The summed E-state index contributed by atoms with van der Waals surface area (Å²) in [5.41, 5.74) is 4.16. The molecule has 1 aliphatic carbocycles. The lowest BCUT2D eigenvalue weighted by molar-refractivity contribution is -0.120. The highest BCUT2D eigenvalue weighted by atomic mass is 35.5. The van der Waals surface area contributed by atoms with E-state index in [0.717, 1.165) is 0 Å². The summed E-state index contributed by atoms with van der Waals surface area (Å²) < 4.78 is 0. The smallest absolute Gasteiger partial charge is 0.234 e. The van der Waals surface area contributed by atoms with Crippen LogP contribution in [0.2, 0.25) is 0 Å². The van der Waals surface area contributed by atoms with Gasteiger partial charge in [-0.05, 0) is 56.3 Å². The molecule has 0 spiro atoms. The van der Waals surface area contributed by atoms with Gasteiger partial charge in [-0.15, -0.1) is 12.4 Å². The van der Waals surface area contributed by atoms with E-state index in [1.165, 1.54) is 42.4 Å². The Morgan fingerprint density at radius 2 is 1.95 bits per heavy atom. The molecule has 1 atom stereocenters. The predicted octanol–water partition coefficient (Wildman–Crippen LogP) is 2.38. The molecule has 1 unspecified atom stereocenters. The molecule has 3 nitrogen and oxygen atoms in total. The van der Waals surface area contributed by atoms with Gasteiger partial charge in [-0.25, -0.2) is 0 Å². The molecule has 4 heteroatoms. The average molecular weight is 283 g/mol. The first-order valence-electron chi connectivity index (χ1n) is 6.76. The molecule has 0 saturated heterocycles. The Balaban J connectivity index is 0.00000180. The molecule has 1 amide bonds. The van der Waals surface area contributed by atoms with Gasteiger partial charge in [0, 0.05) is 0 Å². The number of rotatable bonds is 4. The van der Waals surface area contributed by atoms with E-state index < -0.39 is 0 Å². The Bertz CT molecular complexity index is 434. The molecular weight excluding hydrogens is 260 g/mol. The van der Waals surface area contributed by atoms with Crippen LogP contribution < -0.4 is 10.6 Å². The van der Waals surface area contributed by atoms with Crippen molar-refractivity contribution in [3.05, 3.63) is 34.9 Å². The SMILES string of the molecule is CNCC(=O)NC(C)c1ccc2c(c1)CCCC2.Cl. The lowest BCUT2D eigenvalue weighted by Crippen LogP contribution is -2.34. The summed E-state index contributed by atoms with van der Waals surface area (Å²) in [7, 11) is 1.78. The summed E-state index contributed by atoms with van der Waals surface area (Å²) in [5.74, 6) is 0.0442. The van der Waals surface area contributed by atoms with Gasteiger partial charge in [-0.1, -0.05) is 18.2 Å². The second-order valence-corrected chi connectivity index (χ2v) is 5.05. The molecule has 2 rings (SSSR count). The zero-order valence-corrected chi connectivity index (χ0v) is 12.5. The molecule has 0 fully saturated rings. The molecular formula is C15H23ClN2O. The minimum Gasteiger partial charge on any atom is -0.348 e. The monoisotopic (exact) mass is 282 g/mol. The van der Waals surface area contributed by atoms with Gasteiger partial charge in [0.15, 0.2) is 0 Å². The zero-order chi connectivity index (χ0) is 13.0. The van der Waals surface area contributed by atoms with Crippen LogP contribution in [0.25, 0.3) is 0 Å². The lowest BCUT2D eigenvalue weighted by atomic mass is 9.89. The molecule has 0 radical (unpaired) electrons. The van der Waals surface area contributed by atoms with E-state index >= 15 is 0 Å². The maximum atomic E-state index is 11.5. The van der Waals surface area contributed by atoms with E-state index in [9.17, 15) is 4.79 Å². The van der Waals surface area contributed by atoms with Crippen LogP contribution in [0, 0.1) is 0 Å². The van der Waals surface area contributed by atoms with Crippen molar-refractivity contribution in [3.8, 4) is 0 Å². The summed E-state index contributed by atoms with van der Waals surface area (Å²) in [4.78, 5) is 11.5. The van der Waals surface area contributed by atoms with E-state index in [-0.39, 0.29) is 24.4 Å². The van der Waals surface area contributed by atoms with Crippen LogP contribution in [0.5, 0.6) is 0 Å². The molecule has 1 aliphatic rings. The fourth-order valence-corrected chi connectivity index (χ4v) is 2.56. The number of hydrogen-bond donors (Lipinski definition) is 2. The summed E-state index contributed by atoms with van der Waals surface area (Å²) in [5, 5.41) is 5.86. The van der Waals surface area contributed by atoms with Crippen molar-refractivity contribution in [2.75, 3.05) is 13.6 Å². The average Bonchev–Trinajstić information content (AvgIpc) is 2.38. The third-order valence-electron chi connectivity index (χ3n) is 3.59. The molecule has 1 aromatic rings. The molecule has 0 bridgehead atoms. The van der Waals surface area contributed by atoms with Gasteiger partial charge in [-0.2, -0.15) is 0 Å². The van der Waals surface area contributed by atoms with Crippen molar-refractivity contribution in [2.24, 2.45) is 0 Å². The van der Waals surface area contributed by atoms with Gasteiger partial charge >= 0.3 is 0 Å². The molecule has 0 saturated carbocycles. The highest BCUT2D eigenvalue weighted by molar-refractivity contribution is 5.85. The number of likely N-dealkylation sites (N-methyl/N-ethyl adjacent to an activating group) is 1. The van der Waals surface area contributed by atoms with Crippen molar-refractivity contribution in [1.29, 1.82) is 0 Å². The predicted molar refractivity (Wildman–Crippen MR) is 80.8 cm³/mol. The number of halogens is 1. The topological polar surface area (TPSA) is 41.1 Å². The Morgan fingerprint density at radius 1 is 1.26 bits per heavy atom. The van der Waals surface area contributed by atoms with Crippen LogP contribution >= 0.6 is 12.4 Å². The zero-order valence-electron chi connectivity index (χ0n) is 11.7. The maximum Gasteiger partial charge on any atom is 0.234 e. The number of nitrogens with one attached hydrogen (secondary N) is 2. The standard InChI is InChI=1S/C15H22N2O.ClH/c1-11(17-15(18)10-16-2)13-8-7-12-5-3-4-6-14(12)9-13;/h7-9,11,16H,3-6,10H2,1-2H3,(H,17,18);1H. The molecule has 0 aromatic heterocycles. The van der Waals surface area contributed by atoms with Gasteiger partial charge in [0.25, 0.3) is 0 Å². The van der Waals surface area contributed by atoms with Gasteiger partial charge in [-0.3, -0.25) is 4.79 Å². The second kappa shape index (κ2) is 7.51. The lowest BCUT2D eigenvalue weighted by Gasteiger charge is -2.20. The van der Waals surface area contributed by atoms with Crippen LogP contribution in [0.15, 0.2) is 18.2 Å². The molecule has 106 valence electrons. The number of fused-ring (bicyclic) bond motifs is 1. The number of carbonyl (C=O) groups excluding carboxylic acids is 1. The van der Waals surface area contributed by atoms with Crippen LogP contribution in [-0.4, -0.2) is 19.5 Å². The molecule has 1 aromatic carbocycles. The first-order valence-corrected chi connectivity index (χ1v) is 6.76. The highest BCUT2D eigenvalue weighted by Crippen LogP contribution is 2.24. The minimum absolute atomic E-state index is 0. The number of aryl methyl sites for hydroxylation is 2. The Hall–Kier alpha value is -1.06. The summed E-state index contributed by atoms with van der Waals surface area (Å²) >= 11 is 0. The first-order chi connectivity index (χ1) is 8.70. The quantitative estimate of drug-likeness (QED) is 0.890. The number of amides is 1. The van der Waals surface area contributed by atoms with Crippen molar-refractivity contribution in [3.63, 3.8) is 0 Å². The second-order valence-electron chi connectivity index (χ2n) is 5.05. The Morgan fingerprint density at radius 3 is 2.63 bits per heavy atom. The van der Waals surface area contributed by atoms with E-state index in [2.05, 4.69) is 28.8 Å². The third-order valence-corrected chi connectivity index (χ3v) is 3.59. The van der Waals surface area contributed by atoms with Gasteiger partial charge in [0.05, 0.1) is 12.6 Å². The minimum atomic E-state index is 0. The summed E-state index contributed by atoms with van der Waals surface area (Å²) in [6.45, 7) is 2.41. The Labute approximate surface area is 121 Å². The number of carbonyl (C=O) groups is 1. The Kier molecular flexibility index (Phi) is 6.32. The number of hydrogen-bond acceptors (Lipinski definition) is 2. The summed E-state index contributed by atoms with van der Waals surface area (Å²) in [6, 6.07) is 6.72. The van der Waals surface area contributed by atoms with Crippen molar-refractivity contribution < 1.29 is 4.79 Å². The largest absolute Gasteiger partial charge is 0.348 e. The molecule has 0 aliphatic heterocycles. The van der Waals surface area contributed by atoms with Crippen LogP contribution in [0.3, 0.4) is 0 Å². The first kappa shape index (κ1) is 16.0. The van der Waals surface area contributed by atoms with Gasteiger partial charge in [0.1, 0.15) is 0 Å². The van der Waals surface area contributed by atoms with Gasteiger partial charge in [0.2, 0.25) is 5.91 Å². The van der Waals surface area contributed by atoms with E-state index in [1.54, 1.807) is 7.05 Å². The third kappa shape index (κ3) is 4.22. The van der Waals surface area contributed by atoms with Crippen molar-refractivity contribution in [2.45, 2.75) is 38.6 Å². The van der Waals surface area contributed by atoms with E-state index in [1.807, 2.05) is 6.92 Å². The molecule has 0 heterocycles. The number of benzene rings is 1. The van der Waals surface area contributed by atoms with Gasteiger partial charge < -0.3 is 10.6 Å². The highest BCUT2D eigenvalue weighted by Gasteiger charge is 2.13. The fourth-order valence-electron chi connectivity index (χ4n) is 2.56. The van der Waals surface area contributed by atoms with Crippen molar-refractivity contribution in [1.82, 2.24) is 10.6 Å². The van der Waals surface area contributed by atoms with Crippen molar-refractivity contribution >= 4 is 18.3 Å². The van der Waals surface area contributed by atoms with E-state index in [4.69, 9.17) is 0 Å². The molecule has 2 N–H and O–H groups in total. The van der Waals surface area contributed by atoms with Crippen LogP contribution in [0.4, 0.5) is 0 Å². The normalized spacial score (nSPS) is 15.1.